The maximum atomic E-state index is 9.25. The number of ether oxygens (including phenoxy) is 1. The van der Waals surface area contributed by atoms with Crippen LogP contribution >= 0.6 is 11.8 Å². The van der Waals surface area contributed by atoms with Gasteiger partial charge < -0.3 is 4.74 Å². The molecule has 1 aromatic heterocycles. The van der Waals surface area contributed by atoms with Gasteiger partial charge in [-0.05, 0) is 62.6 Å². The first-order chi connectivity index (χ1) is 10.5. The molecule has 22 heavy (non-hydrogen) atoms. The Labute approximate surface area is 136 Å². The summed E-state index contributed by atoms with van der Waals surface area (Å²) < 4.78 is 5.79. The summed E-state index contributed by atoms with van der Waals surface area (Å²) in [5.74, 6) is 1.66. The maximum Gasteiger partial charge on any atom is 0.119 e. The van der Waals surface area contributed by atoms with E-state index in [0.29, 0.717) is 12.2 Å². The molecule has 2 aromatic rings. The topological polar surface area (TPSA) is 45.9 Å². The molecule has 0 bridgehead atoms. The minimum Gasteiger partial charge on any atom is -0.493 e. The lowest BCUT2D eigenvalue weighted by molar-refractivity contribution is 0.343. The van der Waals surface area contributed by atoms with Crippen LogP contribution in [0.15, 0.2) is 29.3 Å². The molecule has 114 valence electrons. The Bertz CT molecular complexity index is 700. The molecule has 0 N–H and O–H groups in total. The second kappa shape index (κ2) is 7.33. The summed E-state index contributed by atoms with van der Waals surface area (Å²) in [5, 5.41) is 10.0. The third-order valence-corrected chi connectivity index (χ3v) is 4.15. The predicted molar refractivity (Wildman–Crippen MR) is 90.6 cm³/mol. The highest BCUT2D eigenvalue weighted by Crippen LogP contribution is 2.24. The molecular weight excluding hydrogens is 292 g/mol. The Morgan fingerprint density at radius 3 is 2.41 bits per heavy atom. The highest BCUT2D eigenvalue weighted by molar-refractivity contribution is 7.99. The van der Waals surface area contributed by atoms with E-state index in [0.717, 1.165) is 27.8 Å². The van der Waals surface area contributed by atoms with Crippen LogP contribution in [0.4, 0.5) is 0 Å². The summed E-state index contributed by atoms with van der Waals surface area (Å²) in [7, 11) is 0. The van der Waals surface area contributed by atoms with Crippen molar-refractivity contribution < 1.29 is 4.74 Å². The Kier molecular flexibility index (Phi) is 5.46. The van der Waals surface area contributed by atoms with Crippen LogP contribution in [0, 0.1) is 39.0 Å². The average Bonchev–Trinajstić information content (AvgIpc) is 2.42. The number of pyridine rings is 1. The van der Waals surface area contributed by atoms with Crippen molar-refractivity contribution in [3.63, 3.8) is 0 Å². The predicted octanol–water partition coefficient (Wildman–Crippen LogP) is 4.36. The van der Waals surface area contributed by atoms with E-state index < -0.39 is 0 Å². The van der Waals surface area contributed by atoms with Gasteiger partial charge in [0.2, 0.25) is 0 Å². The molecule has 0 aliphatic heterocycles. The van der Waals surface area contributed by atoms with Crippen LogP contribution < -0.4 is 4.74 Å². The van der Waals surface area contributed by atoms with Gasteiger partial charge in [0, 0.05) is 11.4 Å². The minimum absolute atomic E-state index is 0.590. The molecule has 2 rings (SSSR count). The lowest BCUT2D eigenvalue weighted by Crippen LogP contribution is -2.02. The van der Waals surface area contributed by atoms with Gasteiger partial charge in [-0.2, -0.15) is 5.26 Å². The van der Waals surface area contributed by atoms with Gasteiger partial charge in [0.1, 0.15) is 16.8 Å². The summed E-state index contributed by atoms with van der Waals surface area (Å²) in [6.45, 7) is 8.61. The van der Waals surface area contributed by atoms with Crippen LogP contribution in [-0.4, -0.2) is 17.3 Å². The molecule has 1 aromatic carbocycles. The number of nitrogens with zero attached hydrogens (tertiary/aromatic N) is 2. The van der Waals surface area contributed by atoms with E-state index in [9.17, 15) is 5.26 Å². The summed E-state index contributed by atoms with van der Waals surface area (Å²) in [6, 6.07) is 10.4. The molecule has 0 saturated heterocycles. The highest BCUT2D eigenvalue weighted by Gasteiger charge is 2.09. The van der Waals surface area contributed by atoms with Crippen LogP contribution in [0.5, 0.6) is 5.75 Å². The molecular formula is C18H20N2OS. The Morgan fingerprint density at radius 1 is 1.09 bits per heavy atom. The summed E-state index contributed by atoms with van der Waals surface area (Å²) >= 11 is 1.57. The van der Waals surface area contributed by atoms with Crippen LogP contribution in [0.25, 0.3) is 0 Å². The highest BCUT2D eigenvalue weighted by atomic mass is 32.2. The molecule has 0 aliphatic carbocycles. The Morgan fingerprint density at radius 2 is 1.77 bits per heavy atom. The number of benzene rings is 1. The molecule has 1 heterocycles. The fourth-order valence-electron chi connectivity index (χ4n) is 2.36. The van der Waals surface area contributed by atoms with E-state index in [-0.39, 0.29) is 0 Å². The van der Waals surface area contributed by atoms with Crippen LogP contribution in [0.2, 0.25) is 0 Å². The number of nitriles is 1. The average molecular weight is 312 g/mol. The lowest BCUT2D eigenvalue weighted by atomic mass is 10.1. The third-order valence-electron chi connectivity index (χ3n) is 3.21. The second-order valence-electron chi connectivity index (χ2n) is 5.39. The van der Waals surface area contributed by atoms with Crippen molar-refractivity contribution >= 4 is 11.8 Å². The molecule has 0 atom stereocenters. The lowest BCUT2D eigenvalue weighted by Gasteiger charge is -2.09. The monoisotopic (exact) mass is 312 g/mol. The summed E-state index contributed by atoms with van der Waals surface area (Å²) in [5.41, 5.74) is 4.99. The quantitative estimate of drug-likeness (QED) is 0.608. The van der Waals surface area contributed by atoms with Crippen LogP contribution in [0.1, 0.15) is 27.9 Å². The van der Waals surface area contributed by atoms with Gasteiger partial charge in [0.25, 0.3) is 0 Å². The maximum absolute atomic E-state index is 9.25. The summed E-state index contributed by atoms with van der Waals surface area (Å²) in [6.07, 6.45) is 0. The first-order valence-corrected chi connectivity index (χ1v) is 8.20. The van der Waals surface area contributed by atoms with Crippen molar-refractivity contribution in [2.24, 2.45) is 0 Å². The van der Waals surface area contributed by atoms with Crippen molar-refractivity contribution in [1.29, 1.82) is 5.26 Å². The molecule has 0 unspecified atom stereocenters. The van der Waals surface area contributed by atoms with E-state index in [2.05, 4.69) is 31.0 Å². The second-order valence-corrected chi connectivity index (χ2v) is 6.48. The molecule has 0 radical (unpaired) electrons. The number of aromatic nitrogens is 1. The van der Waals surface area contributed by atoms with Gasteiger partial charge in [0.15, 0.2) is 0 Å². The molecule has 0 amide bonds. The largest absolute Gasteiger partial charge is 0.493 e. The fraction of sp³-hybridized carbons (Fsp3) is 0.333. The van der Waals surface area contributed by atoms with Gasteiger partial charge >= 0.3 is 0 Å². The van der Waals surface area contributed by atoms with Crippen molar-refractivity contribution in [1.82, 2.24) is 4.98 Å². The smallest absolute Gasteiger partial charge is 0.119 e. The number of aryl methyl sites for hydroxylation is 4. The zero-order valence-corrected chi connectivity index (χ0v) is 14.3. The first kappa shape index (κ1) is 16.4. The van der Waals surface area contributed by atoms with E-state index >= 15 is 0 Å². The molecule has 0 fully saturated rings. The molecule has 3 nitrogen and oxygen atoms in total. The SMILES string of the molecule is Cc1cc(C)cc(OCCSc2nc(C)cc(C)c2C#N)c1. The third kappa shape index (κ3) is 4.25. The normalized spacial score (nSPS) is 10.3. The fourth-order valence-corrected chi connectivity index (χ4v) is 3.28. The van der Waals surface area contributed by atoms with Gasteiger partial charge in [-0.15, -0.1) is 11.8 Å². The number of hydrogen-bond donors (Lipinski definition) is 0. The molecule has 0 aliphatic rings. The number of thioether (sulfide) groups is 1. The molecule has 4 heteroatoms. The van der Waals surface area contributed by atoms with E-state index in [4.69, 9.17) is 4.74 Å². The van der Waals surface area contributed by atoms with Gasteiger partial charge in [0.05, 0.1) is 12.2 Å². The van der Waals surface area contributed by atoms with Crippen LogP contribution in [0.3, 0.4) is 0 Å². The van der Waals surface area contributed by atoms with Crippen molar-refractivity contribution in [3.05, 3.63) is 52.2 Å². The Balaban J connectivity index is 1.96. The Hall–Kier alpha value is -1.99. The van der Waals surface area contributed by atoms with Crippen molar-refractivity contribution in [2.75, 3.05) is 12.4 Å². The number of hydrogen-bond acceptors (Lipinski definition) is 4. The van der Waals surface area contributed by atoms with E-state index in [1.165, 1.54) is 11.1 Å². The summed E-state index contributed by atoms with van der Waals surface area (Å²) in [4.78, 5) is 4.46. The van der Waals surface area contributed by atoms with E-state index in [1.54, 1.807) is 11.8 Å². The minimum atomic E-state index is 0.590. The zero-order chi connectivity index (χ0) is 16.1. The zero-order valence-electron chi connectivity index (χ0n) is 13.4. The van der Waals surface area contributed by atoms with Gasteiger partial charge in [-0.3, -0.25) is 0 Å². The van der Waals surface area contributed by atoms with E-state index in [1.807, 2.05) is 32.0 Å². The standard InChI is InChI=1S/C18H20N2OS/c1-12-7-13(2)9-16(8-12)21-5-6-22-18-17(11-19)14(3)10-15(4)20-18/h7-10H,5-6H2,1-4H3. The van der Waals surface area contributed by atoms with Crippen molar-refractivity contribution in [2.45, 2.75) is 32.7 Å². The van der Waals surface area contributed by atoms with Gasteiger partial charge in [-0.25, -0.2) is 4.98 Å². The van der Waals surface area contributed by atoms with Crippen molar-refractivity contribution in [3.8, 4) is 11.8 Å². The van der Waals surface area contributed by atoms with Crippen LogP contribution in [-0.2, 0) is 0 Å². The van der Waals surface area contributed by atoms with Gasteiger partial charge in [-0.1, -0.05) is 6.07 Å². The molecule has 0 spiro atoms. The number of rotatable bonds is 5. The molecule has 0 saturated carbocycles. The first-order valence-electron chi connectivity index (χ1n) is 7.22.